The average molecular weight is 324 g/mol. The Morgan fingerprint density at radius 2 is 1.67 bits per heavy atom. The minimum Gasteiger partial charge on any atom is -0.454 e. The first-order chi connectivity index (χ1) is 11.9. The number of ether oxygens (including phenoxy) is 2. The summed E-state index contributed by atoms with van der Waals surface area (Å²) in [6.07, 6.45) is 2.31. The maximum atomic E-state index is 5.55. The minimum absolute atomic E-state index is 0.289. The summed E-state index contributed by atoms with van der Waals surface area (Å²) in [5.41, 5.74) is 3.05. The number of nitrogens with zero attached hydrogens (tertiary/aromatic N) is 2. The number of para-hydroxylation sites is 2. The molecule has 0 spiro atoms. The molecule has 4 nitrogen and oxygen atoms in total. The van der Waals surface area contributed by atoms with Crippen LogP contribution in [-0.4, -0.2) is 16.8 Å². The highest BCUT2D eigenvalue weighted by Crippen LogP contribution is 2.36. The molecule has 0 N–H and O–H groups in total. The number of fused-ring (bicyclic) bond motifs is 2. The molecule has 2 heterocycles. The Bertz CT molecular complexity index is 782. The molecular weight excluding hydrogens is 300 g/mol. The number of hydrogen-bond donors (Lipinski definition) is 0. The molecule has 0 amide bonds. The van der Waals surface area contributed by atoms with E-state index in [-0.39, 0.29) is 6.79 Å². The van der Waals surface area contributed by atoms with Crippen LogP contribution in [0.4, 0.5) is 0 Å². The van der Waals surface area contributed by atoms with Crippen LogP contribution in [0.25, 0.3) is 10.9 Å². The van der Waals surface area contributed by atoms with E-state index in [2.05, 4.69) is 9.97 Å². The first-order valence-corrected chi connectivity index (χ1v) is 8.48. The van der Waals surface area contributed by atoms with Crippen LogP contribution >= 0.6 is 0 Å². The van der Waals surface area contributed by atoms with Crippen LogP contribution < -0.4 is 9.47 Å². The molecule has 0 saturated carbocycles. The monoisotopic (exact) mass is 324 g/mol. The molecule has 4 rings (SSSR count). The summed E-state index contributed by atoms with van der Waals surface area (Å²) < 4.78 is 11.0. The van der Waals surface area contributed by atoms with Gasteiger partial charge in [0.2, 0.25) is 6.79 Å². The molecular formula is C20H24N2O2. The van der Waals surface area contributed by atoms with Gasteiger partial charge in [0.15, 0.2) is 11.5 Å². The second kappa shape index (κ2) is 8.87. The van der Waals surface area contributed by atoms with Crippen LogP contribution in [0, 0.1) is 0 Å². The van der Waals surface area contributed by atoms with Crippen LogP contribution in [0.1, 0.15) is 39.0 Å². The topological polar surface area (TPSA) is 44.2 Å². The molecule has 126 valence electrons. The number of rotatable bonds is 2. The van der Waals surface area contributed by atoms with Crippen LogP contribution in [0.15, 0.2) is 48.8 Å². The molecule has 0 aliphatic carbocycles. The van der Waals surface area contributed by atoms with Gasteiger partial charge in [-0.3, -0.25) is 0 Å². The highest BCUT2D eigenvalue weighted by Gasteiger charge is 2.18. The lowest BCUT2D eigenvalue weighted by Gasteiger charge is -2.07. The predicted molar refractivity (Wildman–Crippen MR) is 97.6 cm³/mol. The lowest BCUT2D eigenvalue weighted by Crippen LogP contribution is -1.98. The van der Waals surface area contributed by atoms with Crippen molar-refractivity contribution in [2.45, 2.75) is 34.1 Å². The Hall–Kier alpha value is -2.62. The first kappa shape index (κ1) is 17.7. The second-order valence-electron chi connectivity index (χ2n) is 4.67. The third-order valence-electron chi connectivity index (χ3n) is 3.46. The lowest BCUT2D eigenvalue weighted by atomic mass is 10.0. The van der Waals surface area contributed by atoms with Gasteiger partial charge in [-0.05, 0) is 12.1 Å². The molecule has 1 aliphatic rings. The number of aromatic nitrogens is 2. The summed E-state index contributed by atoms with van der Waals surface area (Å²) >= 11 is 0. The third-order valence-corrected chi connectivity index (χ3v) is 3.46. The van der Waals surface area contributed by atoms with Crippen molar-refractivity contribution < 1.29 is 9.47 Å². The fraction of sp³-hybridized carbons (Fsp3) is 0.300. The average Bonchev–Trinajstić information content (AvgIpc) is 3.15. The van der Waals surface area contributed by atoms with Crippen molar-refractivity contribution in [1.29, 1.82) is 0 Å². The van der Waals surface area contributed by atoms with Crippen molar-refractivity contribution in [2.24, 2.45) is 0 Å². The molecule has 1 aliphatic heterocycles. The molecule has 0 fully saturated rings. The lowest BCUT2D eigenvalue weighted by molar-refractivity contribution is 0.173. The van der Waals surface area contributed by atoms with Gasteiger partial charge >= 0.3 is 0 Å². The fourth-order valence-corrected chi connectivity index (χ4v) is 2.51. The summed E-state index contributed by atoms with van der Waals surface area (Å²) in [5.74, 6) is 1.64. The maximum absolute atomic E-state index is 5.55. The van der Waals surface area contributed by atoms with Gasteiger partial charge in [0, 0.05) is 17.4 Å². The molecule has 0 bridgehead atoms. The molecule has 24 heavy (non-hydrogen) atoms. The number of hydrogen-bond acceptors (Lipinski definition) is 4. The van der Waals surface area contributed by atoms with E-state index in [1.165, 1.54) is 0 Å². The van der Waals surface area contributed by atoms with Gasteiger partial charge < -0.3 is 9.47 Å². The van der Waals surface area contributed by atoms with E-state index in [0.717, 1.165) is 33.7 Å². The number of benzene rings is 2. The second-order valence-corrected chi connectivity index (χ2v) is 4.67. The molecule has 3 aromatic rings. The van der Waals surface area contributed by atoms with Gasteiger partial charge in [0.25, 0.3) is 0 Å². The molecule has 4 heteroatoms. The fourth-order valence-electron chi connectivity index (χ4n) is 2.51. The van der Waals surface area contributed by atoms with Crippen molar-refractivity contribution >= 4 is 10.9 Å². The van der Waals surface area contributed by atoms with E-state index < -0.39 is 0 Å². The zero-order valence-corrected chi connectivity index (χ0v) is 14.7. The molecule has 0 atom stereocenters. The first-order valence-electron chi connectivity index (χ1n) is 8.48. The van der Waals surface area contributed by atoms with Crippen molar-refractivity contribution in [3.63, 3.8) is 0 Å². The Morgan fingerprint density at radius 3 is 2.50 bits per heavy atom. The quantitative estimate of drug-likeness (QED) is 0.665. The van der Waals surface area contributed by atoms with E-state index in [1.807, 2.05) is 70.2 Å². The Morgan fingerprint density at radius 1 is 0.875 bits per heavy atom. The summed E-state index contributed by atoms with van der Waals surface area (Å²) in [6, 6.07) is 14.0. The van der Waals surface area contributed by atoms with E-state index >= 15 is 0 Å². The summed E-state index contributed by atoms with van der Waals surface area (Å²) in [7, 11) is 0. The molecule has 0 unspecified atom stereocenters. The molecule has 1 aromatic heterocycles. The van der Waals surface area contributed by atoms with E-state index in [1.54, 1.807) is 6.33 Å². The van der Waals surface area contributed by atoms with Crippen LogP contribution in [0.3, 0.4) is 0 Å². The largest absolute Gasteiger partial charge is 0.454 e. The van der Waals surface area contributed by atoms with Gasteiger partial charge in [0.05, 0.1) is 11.2 Å². The van der Waals surface area contributed by atoms with Crippen molar-refractivity contribution in [3.8, 4) is 11.5 Å². The van der Waals surface area contributed by atoms with E-state index in [4.69, 9.17) is 9.47 Å². The van der Waals surface area contributed by atoms with Crippen molar-refractivity contribution in [3.05, 3.63) is 60.0 Å². The third kappa shape index (κ3) is 3.65. The molecule has 2 aromatic carbocycles. The van der Waals surface area contributed by atoms with Crippen LogP contribution in [-0.2, 0) is 6.42 Å². The molecule has 0 saturated heterocycles. The van der Waals surface area contributed by atoms with E-state index in [0.29, 0.717) is 6.42 Å². The Kier molecular flexibility index (Phi) is 6.55. The Labute approximate surface area is 143 Å². The van der Waals surface area contributed by atoms with Crippen LogP contribution in [0.2, 0.25) is 0 Å². The van der Waals surface area contributed by atoms with Gasteiger partial charge in [-0.2, -0.15) is 0 Å². The standard InChI is InChI=1S/C16H12N2O2.2C2H6/c1-2-6-13-12(5-1)14(18-9-17-13)8-11-4-3-7-15-16(11)20-10-19-15;2*1-2/h1-7,9H,8,10H2;2*1-2H3. The SMILES string of the molecule is CC.CC.c1cc(Cc2ncnc3ccccc23)c2c(c1)OCO2. The summed E-state index contributed by atoms with van der Waals surface area (Å²) in [4.78, 5) is 8.71. The zero-order chi connectivity index (χ0) is 17.4. The minimum atomic E-state index is 0.289. The van der Waals surface area contributed by atoms with Gasteiger partial charge in [-0.1, -0.05) is 58.0 Å². The van der Waals surface area contributed by atoms with Gasteiger partial charge in [-0.25, -0.2) is 9.97 Å². The van der Waals surface area contributed by atoms with Crippen LogP contribution in [0.5, 0.6) is 11.5 Å². The highest BCUT2D eigenvalue weighted by atomic mass is 16.7. The normalized spacial score (nSPS) is 11.2. The Balaban J connectivity index is 0.000000487. The highest BCUT2D eigenvalue weighted by molar-refractivity contribution is 5.80. The maximum Gasteiger partial charge on any atom is 0.231 e. The molecule has 0 radical (unpaired) electrons. The zero-order valence-electron chi connectivity index (χ0n) is 14.7. The smallest absolute Gasteiger partial charge is 0.231 e. The summed E-state index contributed by atoms with van der Waals surface area (Å²) in [6.45, 7) is 8.29. The van der Waals surface area contributed by atoms with Crippen molar-refractivity contribution in [2.75, 3.05) is 6.79 Å². The van der Waals surface area contributed by atoms with Crippen molar-refractivity contribution in [1.82, 2.24) is 9.97 Å². The van der Waals surface area contributed by atoms with Gasteiger partial charge in [-0.15, -0.1) is 0 Å². The predicted octanol–water partition coefficient (Wildman–Crippen LogP) is 5.00. The van der Waals surface area contributed by atoms with Gasteiger partial charge in [0.1, 0.15) is 6.33 Å². The summed E-state index contributed by atoms with van der Waals surface area (Å²) in [5, 5.41) is 1.08. The van der Waals surface area contributed by atoms with E-state index in [9.17, 15) is 0 Å².